The van der Waals surface area contributed by atoms with Crippen molar-refractivity contribution in [3.63, 3.8) is 0 Å². The summed E-state index contributed by atoms with van der Waals surface area (Å²) in [6.07, 6.45) is 8.04. The highest BCUT2D eigenvalue weighted by Gasteiger charge is 2.15. The molecule has 0 aliphatic rings. The van der Waals surface area contributed by atoms with Crippen molar-refractivity contribution >= 4 is 58.6 Å². The fraction of sp³-hybridized carbons (Fsp3) is 0.263. The lowest BCUT2D eigenvalue weighted by Gasteiger charge is -2.05. The van der Waals surface area contributed by atoms with Crippen LogP contribution in [0.1, 0.15) is 25.2 Å². The van der Waals surface area contributed by atoms with E-state index in [4.69, 9.17) is 10.5 Å². The smallest absolute Gasteiger partial charge is 0.207 e. The Hall–Kier alpha value is -2.76. The number of rotatable bonds is 7. The van der Waals surface area contributed by atoms with E-state index >= 15 is 0 Å². The molecule has 0 aromatic carbocycles. The predicted molar refractivity (Wildman–Crippen MR) is 135 cm³/mol. The molecule has 4 aromatic heterocycles. The van der Waals surface area contributed by atoms with Crippen molar-refractivity contribution < 1.29 is 0 Å². The van der Waals surface area contributed by atoms with Crippen LogP contribution >= 0.6 is 58.6 Å². The number of nitrogens with zero attached hydrogens (tertiary/aromatic N) is 11. The van der Waals surface area contributed by atoms with Gasteiger partial charge in [-0.2, -0.15) is 14.9 Å². The van der Waals surface area contributed by atoms with Gasteiger partial charge in [0, 0.05) is 37.1 Å². The van der Waals surface area contributed by atoms with E-state index in [0.29, 0.717) is 37.0 Å². The molecule has 0 fully saturated rings. The summed E-state index contributed by atoms with van der Waals surface area (Å²) in [7, 11) is 1.90. The van der Waals surface area contributed by atoms with Crippen LogP contribution in [0.3, 0.4) is 0 Å². The Balaban J connectivity index is 0.000000198. The number of hydrogen-bond donors (Lipinski definition) is 0. The number of hydrogen-bond acceptors (Lipinski definition) is 15. The Morgan fingerprint density at radius 3 is 2.00 bits per heavy atom. The molecule has 0 unspecified atom stereocenters. The van der Waals surface area contributed by atoms with Gasteiger partial charge in [-0.15, -0.1) is 10.2 Å². The highest BCUT2D eigenvalue weighted by atomic mass is 32.2. The first kappa shape index (κ1) is 26.8. The lowest BCUT2D eigenvalue weighted by Crippen LogP contribution is -1.97. The Labute approximate surface area is 222 Å². The molecule has 4 heterocycles. The first-order chi connectivity index (χ1) is 16.9. The fourth-order valence-electron chi connectivity index (χ4n) is 2.15. The summed E-state index contributed by atoms with van der Waals surface area (Å²) >= 11 is 7.06. The molecular formula is C19H17N11S5. The van der Waals surface area contributed by atoms with Gasteiger partial charge in [0.05, 0.1) is 0 Å². The zero-order chi connectivity index (χ0) is 25.2. The second-order valence-corrected chi connectivity index (χ2v) is 11.6. The Bertz CT molecular complexity index is 1360. The number of aromatic nitrogens is 9. The summed E-state index contributed by atoms with van der Waals surface area (Å²) in [6, 6.07) is 4.00. The average molecular weight is 560 g/mol. The van der Waals surface area contributed by atoms with Crippen LogP contribution in [-0.2, 0) is 7.05 Å². The first-order valence-corrected chi connectivity index (χ1v) is 14.2. The summed E-state index contributed by atoms with van der Waals surface area (Å²) < 4.78 is 6.94. The maximum atomic E-state index is 8.98. The molecule has 0 saturated carbocycles. The molecule has 4 rings (SSSR count). The highest BCUT2D eigenvalue weighted by Crippen LogP contribution is 2.30. The molecule has 0 N–H and O–H groups in total. The van der Waals surface area contributed by atoms with E-state index in [2.05, 4.69) is 53.3 Å². The molecule has 0 atom stereocenters. The number of thioether (sulfide) groups is 2. The summed E-state index contributed by atoms with van der Waals surface area (Å²) in [5.74, 6) is 0. The average Bonchev–Trinajstić information content (AvgIpc) is 3.46. The zero-order valence-electron chi connectivity index (χ0n) is 18.8. The Morgan fingerprint density at radius 1 is 0.886 bits per heavy atom. The van der Waals surface area contributed by atoms with Crippen molar-refractivity contribution in [3.8, 4) is 12.1 Å². The van der Waals surface area contributed by atoms with Crippen LogP contribution in [0, 0.1) is 22.7 Å². The molecule has 0 amide bonds. The number of nitriles is 2. The van der Waals surface area contributed by atoms with Gasteiger partial charge in [-0.05, 0) is 41.3 Å². The van der Waals surface area contributed by atoms with Crippen molar-refractivity contribution in [2.45, 2.75) is 49.0 Å². The molecule has 0 bridgehead atoms. The summed E-state index contributed by atoms with van der Waals surface area (Å²) in [5.41, 5.74) is 0.599. The lowest BCUT2D eigenvalue weighted by molar-refractivity contribution is 0.719. The molecule has 0 aliphatic heterocycles. The van der Waals surface area contributed by atoms with Crippen LogP contribution in [0.2, 0.25) is 0 Å². The molecule has 4 aromatic rings. The molecule has 35 heavy (non-hydrogen) atoms. The van der Waals surface area contributed by atoms with E-state index < -0.39 is 0 Å². The van der Waals surface area contributed by atoms with E-state index in [1.165, 1.54) is 47.4 Å². The SMILES string of the molecule is CC(C)Sc1nnc(Sc2nccnc2C#N)n1C.CSc1nc(Sc2nccnc2C#N)ns1. The van der Waals surface area contributed by atoms with Crippen LogP contribution in [-0.4, -0.2) is 55.6 Å². The van der Waals surface area contributed by atoms with Gasteiger partial charge in [0.2, 0.25) is 5.16 Å². The van der Waals surface area contributed by atoms with Crippen LogP contribution in [0.4, 0.5) is 0 Å². The van der Waals surface area contributed by atoms with E-state index in [9.17, 15) is 0 Å². The van der Waals surface area contributed by atoms with Gasteiger partial charge < -0.3 is 0 Å². The maximum Gasteiger partial charge on any atom is 0.207 e. The van der Waals surface area contributed by atoms with Gasteiger partial charge in [0.15, 0.2) is 26.0 Å². The molecular weight excluding hydrogens is 543 g/mol. The monoisotopic (exact) mass is 559 g/mol. The highest BCUT2D eigenvalue weighted by molar-refractivity contribution is 8.01. The predicted octanol–water partition coefficient (Wildman–Crippen LogP) is 4.20. The molecule has 178 valence electrons. The van der Waals surface area contributed by atoms with E-state index in [1.54, 1.807) is 35.9 Å². The van der Waals surface area contributed by atoms with E-state index in [1.807, 2.05) is 30.0 Å². The third-order valence-electron chi connectivity index (χ3n) is 3.62. The zero-order valence-corrected chi connectivity index (χ0v) is 22.9. The quantitative estimate of drug-likeness (QED) is 0.297. The third kappa shape index (κ3) is 7.61. The van der Waals surface area contributed by atoms with Crippen molar-refractivity contribution in [1.82, 2.24) is 44.1 Å². The molecule has 16 heteroatoms. The Morgan fingerprint density at radius 2 is 1.46 bits per heavy atom. The largest absolute Gasteiger partial charge is 0.300 e. The maximum absolute atomic E-state index is 8.98. The van der Waals surface area contributed by atoms with Gasteiger partial charge in [0.1, 0.15) is 22.2 Å². The molecule has 0 spiro atoms. The van der Waals surface area contributed by atoms with Crippen LogP contribution in [0.15, 0.2) is 54.6 Å². The minimum Gasteiger partial charge on any atom is -0.300 e. The second kappa shape index (κ2) is 13.4. The van der Waals surface area contributed by atoms with Gasteiger partial charge in [0.25, 0.3) is 0 Å². The molecule has 0 aliphatic carbocycles. The van der Waals surface area contributed by atoms with Crippen molar-refractivity contribution in [1.29, 1.82) is 10.5 Å². The van der Waals surface area contributed by atoms with Crippen molar-refractivity contribution in [3.05, 3.63) is 36.2 Å². The topological polar surface area (TPSA) is 156 Å². The third-order valence-corrected chi connectivity index (χ3v) is 8.33. The van der Waals surface area contributed by atoms with Gasteiger partial charge in [-0.25, -0.2) is 24.9 Å². The van der Waals surface area contributed by atoms with Crippen LogP contribution in [0.5, 0.6) is 0 Å². The second-order valence-electron chi connectivity index (χ2n) is 6.39. The van der Waals surface area contributed by atoms with Crippen LogP contribution in [0.25, 0.3) is 0 Å². The summed E-state index contributed by atoms with van der Waals surface area (Å²) in [6.45, 7) is 4.20. The van der Waals surface area contributed by atoms with Crippen LogP contribution < -0.4 is 0 Å². The summed E-state index contributed by atoms with van der Waals surface area (Å²) in [5, 5.41) is 29.7. The van der Waals surface area contributed by atoms with Gasteiger partial charge >= 0.3 is 0 Å². The molecule has 0 saturated heterocycles. The Kier molecular flexibility index (Phi) is 10.2. The fourth-order valence-corrected chi connectivity index (χ4v) is 5.66. The normalized spacial score (nSPS) is 10.4. The molecule has 0 radical (unpaired) electrons. The molecule has 11 nitrogen and oxygen atoms in total. The van der Waals surface area contributed by atoms with E-state index in [0.717, 1.165) is 9.50 Å². The first-order valence-electron chi connectivity index (χ1n) is 9.66. The summed E-state index contributed by atoms with van der Waals surface area (Å²) in [4.78, 5) is 20.4. The minimum atomic E-state index is 0.299. The standard InChI is InChI=1S/C11H12N6S2.C8H5N5S3/c1-7(2)18-10-15-16-11(17(10)3)19-9-8(6-12)13-4-5-14-9;1-14-8-12-7(13-16-8)15-6-5(4-9)10-2-3-11-6/h4-5,7H,1-3H3;2-3H,1H3. The minimum absolute atomic E-state index is 0.299. The van der Waals surface area contributed by atoms with E-state index in [-0.39, 0.29) is 0 Å². The van der Waals surface area contributed by atoms with Gasteiger partial charge in [-0.1, -0.05) is 37.4 Å². The van der Waals surface area contributed by atoms with Gasteiger partial charge in [-0.3, -0.25) is 4.57 Å². The van der Waals surface area contributed by atoms with Crippen molar-refractivity contribution in [2.24, 2.45) is 7.05 Å². The lowest BCUT2D eigenvalue weighted by atomic mass is 10.5. The van der Waals surface area contributed by atoms with Crippen molar-refractivity contribution in [2.75, 3.05) is 6.26 Å².